The van der Waals surface area contributed by atoms with Gasteiger partial charge in [-0.3, -0.25) is 0 Å². The standard InChI is InChI=1S/C9H15NO/c1-9(2)7-11-8-5-3-4-6-10(8)9/h4,6,8H,3,5,7H2,1-2H3/t8-/m0/s1. The lowest BCUT2D eigenvalue weighted by molar-refractivity contribution is 0.0405. The van der Waals surface area contributed by atoms with E-state index in [0.29, 0.717) is 6.23 Å². The van der Waals surface area contributed by atoms with E-state index in [1.807, 2.05) is 0 Å². The summed E-state index contributed by atoms with van der Waals surface area (Å²) in [5.41, 5.74) is 0.210. The summed E-state index contributed by atoms with van der Waals surface area (Å²) in [6, 6.07) is 0. The van der Waals surface area contributed by atoms with Gasteiger partial charge < -0.3 is 9.64 Å². The Morgan fingerprint density at radius 2 is 2.36 bits per heavy atom. The number of ether oxygens (including phenoxy) is 1. The zero-order chi connectivity index (χ0) is 7.90. The number of hydrogen-bond donors (Lipinski definition) is 0. The van der Waals surface area contributed by atoms with E-state index in [-0.39, 0.29) is 5.54 Å². The molecule has 2 heterocycles. The van der Waals surface area contributed by atoms with E-state index in [0.717, 1.165) is 19.4 Å². The largest absolute Gasteiger partial charge is 0.356 e. The van der Waals surface area contributed by atoms with Gasteiger partial charge in [0.15, 0.2) is 0 Å². The molecular weight excluding hydrogens is 138 g/mol. The van der Waals surface area contributed by atoms with Gasteiger partial charge in [0.1, 0.15) is 6.23 Å². The van der Waals surface area contributed by atoms with Crippen molar-refractivity contribution in [3.63, 3.8) is 0 Å². The molecule has 2 aliphatic rings. The molecule has 2 aliphatic heterocycles. The zero-order valence-corrected chi connectivity index (χ0v) is 7.21. The first-order valence-corrected chi connectivity index (χ1v) is 4.27. The number of nitrogens with zero attached hydrogens (tertiary/aromatic N) is 1. The second-order valence-corrected chi connectivity index (χ2v) is 3.95. The summed E-state index contributed by atoms with van der Waals surface area (Å²) in [6.07, 6.45) is 7.08. The first-order chi connectivity index (χ1) is 5.20. The third-order valence-electron chi connectivity index (χ3n) is 2.48. The molecule has 0 saturated carbocycles. The van der Waals surface area contributed by atoms with Crippen LogP contribution in [-0.2, 0) is 4.74 Å². The lowest BCUT2D eigenvalue weighted by atomic mass is 10.0. The highest BCUT2D eigenvalue weighted by atomic mass is 16.5. The zero-order valence-electron chi connectivity index (χ0n) is 7.21. The fourth-order valence-corrected chi connectivity index (χ4v) is 1.79. The Bertz CT molecular complexity index is 186. The molecule has 1 saturated heterocycles. The molecule has 0 bridgehead atoms. The summed E-state index contributed by atoms with van der Waals surface area (Å²) in [5, 5.41) is 0. The molecule has 0 amide bonds. The Hall–Kier alpha value is -0.500. The van der Waals surface area contributed by atoms with E-state index in [4.69, 9.17) is 4.74 Å². The van der Waals surface area contributed by atoms with Crippen LogP contribution in [0.5, 0.6) is 0 Å². The third-order valence-corrected chi connectivity index (χ3v) is 2.48. The van der Waals surface area contributed by atoms with Crippen LogP contribution in [0.4, 0.5) is 0 Å². The van der Waals surface area contributed by atoms with Crippen LogP contribution in [0.3, 0.4) is 0 Å². The average Bonchev–Trinajstić information content (AvgIpc) is 2.29. The molecule has 0 N–H and O–H groups in total. The minimum atomic E-state index is 0.210. The van der Waals surface area contributed by atoms with Crippen molar-refractivity contribution in [1.82, 2.24) is 4.90 Å². The maximum absolute atomic E-state index is 5.65. The van der Waals surface area contributed by atoms with E-state index in [2.05, 4.69) is 31.0 Å². The smallest absolute Gasteiger partial charge is 0.130 e. The van der Waals surface area contributed by atoms with E-state index in [9.17, 15) is 0 Å². The predicted molar refractivity (Wildman–Crippen MR) is 44.0 cm³/mol. The maximum Gasteiger partial charge on any atom is 0.130 e. The minimum Gasteiger partial charge on any atom is -0.356 e. The molecule has 0 unspecified atom stereocenters. The van der Waals surface area contributed by atoms with Crippen LogP contribution in [0, 0.1) is 0 Å². The van der Waals surface area contributed by atoms with Crippen LogP contribution in [0.25, 0.3) is 0 Å². The summed E-state index contributed by atoms with van der Waals surface area (Å²) >= 11 is 0. The third kappa shape index (κ3) is 1.06. The molecule has 2 rings (SSSR count). The van der Waals surface area contributed by atoms with Crippen molar-refractivity contribution in [3.05, 3.63) is 12.3 Å². The van der Waals surface area contributed by atoms with E-state index >= 15 is 0 Å². The van der Waals surface area contributed by atoms with Crippen LogP contribution in [0.15, 0.2) is 12.3 Å². The highest BCUT2D eigenvalue weighted by Crippen LogP contribution is 2.31. The van der Waals surface area contributed by atoms with Crippen LogP contribution >= 0.6 is 0 Å². The number of fused-ring (bicyclic) bond motifs is 1. The highest BCUT2D eigenvalue weighted by Gasteiger charge is 2.38. The second kappa shape index (κ2) is 2.24. The van der Waals surface area contributed by atoms with Crippen LogP contribution in [0.2, 0.25) is 0 Å². The molecule has 2 nitrogen and oxygen atoms in total. The maximum atomic E-state index is 5.65. The van der Waals surface area contributed by atoms with Crippen molar-refractivity contribution in [2.24, 2.45) is 0 Å². The molecule has 0 aromatic carbocycles. The van der Waals surface area contributed by atoms with E-state index in [1.54, 1.807) is 0 Å². The predicted octanol–water partition coefficient (Wildman–Crippen LogP) is 1.73. The van der Waals surface area contributed by atoms with Crippen molar-refractivity contribution in [3.8, 4) is 0 Å². The molecule has 1 fully saturated rings. The number of rotatable bonds is 0. The molecule has 62 valence electrons. The van der Waals surface area contributed by atoms with Gasteiger partial charge in [-0.15, -0.1) is 0 Å². The van der Waals surface area contributed by atoms with Crippen molar-refractivity contribution in [1.29, 1.82) is 0 Å². The Morgan fingerprint density at radius 1 is 1.55 bits per heavy atom. The average molecular weight is 153 g/mol. The summed E-state index contributed by atoms with van der Waals surface area (Å²) < 4.78 is 5.65. The Kier molecular flexibility index (Phi) is 1.46. The fraction of sp³-hybridized carbons (Fsp3) is 0.778. The highest BCUT2D eigenvalue weighted by molar-refractivity contribution is 5.01. The van der Waals surface area contributed by atoms with Gasteiger partial charge >= 0.3 is 0 Å². The van der Waals surface area contributed by atoms with Crippen molar-refractivity contribution in [2.75, 3.05) is 6.61 Å². The van der Waals surface area contributed by atoms with Crippen LogP contribution < -0.4 is 0 Å². The van der Waals surface area contributed by atoms with Crippen molar-refractivity contribution in [2.45, 2.75) is 38.5 Å². The van der Waals surface area contributed by atoms with Gasteiger partial charge in [0, 0.05) is 0 Å². The Balaban J connectivity index is 2.21. The van der Waals surface area contributed by atoms with Gasteiger partial charge in [0.25, 0.3) is 0 Å². The van der Waals surface area contributed by atoms with Crippen molar-refractivity contribution < 1.29 is 4.74 Å². The van der Waals surface area contributed by atoms with Gasteiger partial charge in [-0.25, -0.2) is 0 Å². The Morgan fingerprint density at radius 3 is 3.09 bits per heavy atom. The number of allylic oxidation sites excluding steroid dienone is 1. The molecule has 0 spiro atoms. The van der Waals surface area contributed by atoms with Gasteiger partial charge in [-0.2, -0.15) is 0 Å². The molecule has 0 aromatic heterocycles. The Labute approximate surface area is 67.8 Å². The first kappa shape index (κ1) is 7.17. The van der Waals surface area contributed by atoms with Crippen LogP contribution in [0.1, 0.15) is 26.7 Å². The normalized spacial score (nSPS) is 34.0. The molecule has 0 radical (unpaired) electrons. The van der Waals surface area contributed by atoms with Gasteiger partial charge in [-0.05, 0) is 32.9 Å². The van der Waals surface area contributed by atoms with Crippen molar-refractivity contribution >= 4 is 0 Å². The molecule has 0 aromatic rings. The molecular formula is C9H15NO. The van der Waals surface area contributed by atoms with E-state index < -0.39 is 0 Å². The molecule has 2 heteroatoms. The minimum absolute atomic E-state index is 0.210. The second-order valence-electron chi connectivity index (χ2n) is 3.95. The summed E-state index contributed by atoms with van der Waals surface area (Å²) in [5.74, 6) is 0. The molecule has 11 heavy (non-hydrogen) atoms. The lowest BCUT2D eigenvalue weighted by Gasteiger charge is -2.34. The molecule has 0 aliphatic carbocycles. The van der Waals surface area contributed by atoms with Gasteiger partial charge in [0.2, 0.25) is 0 Å². The van der Waals surface area contributed by atoms with Gasteiger partial charge in [0.05, 0.1) is 12.1 Å². The quantitative estimate of drug-likeness (QED) is 0.525. The van der Waals surface area contributed by atoms with E-state index in [1.165, 1.54) is 0 Å². The summed E-state index contributed by atoms with van der Waals surface area (Å²) in [6.45, 7) is 5.31. The summed E-state index contributed by atoms with van der Waals surface area (Å²) in [4.78, 5) is 2.33. The number of hydrogen-bond acceptors (Lipinski definition) is 2. The summed E-state index contributed by atoms with van der Waals surface area (Å²) in [7, 11) is 0. The van der Waals surface area contributed by atoms with Crippen LogP contribution in [-0.4, -0.2) is 23.3 Å². The molecule has 1 atom stereocenters. The fourth-order valence-electron chi connectivity index (χ4n) is 1.79. The SMILES string of the molecule is CC1(C)CO[C@H]2CCC=CN21. The lowest BCUT2D eigenvalue weighted by Crippen LogP contribution is -2.41. The monoisotopic (exact) mass is 153 g/mol. The first-order valence-electron chi connectivity index (χ1n) is 4.27. The topological polar surface area (TPSA) is 12.5 Å². The van der Waals surface area contributed by atoms with Gasteiger partial charge in [-0.1, -0.05) is 6.08 Å².